The second kappa shape index (κ2) is 3.20. The zero-order valence-corrected chi connectivity index (χ0v) is 10.4. The van der Waals surface area contributed by atoms with E-state index in [0.717, 1.165) is 19.3 Å². The Bertz CT molecular complexity index is 324. The van der Waals surface area contributed by atoms with Crippen LogP contribution in [0.4, 0.5) is 0 Å². The highest BCUT2D eigenvalue weighted by Gasteiger charge is 2.52. The van der Waals surface area contributed by atoms with Crippen LogP contribution in [0.15, 0.2) is 11.6 Å². The maximum absolute atomic E-state index is 12.6. The van der Waals surface area contributed by atoms with Gasteiger partial charge < -0.3 is 0 Å². The molecule has 1 spiro atoms. The standard InChI is InChI=1S/C14H22O/c1-10-8-11(2)14(9-10)7-5-6-13(3,4)12(14)15/h8,11H,5-7,9H2,1-4H3. The first kappa shape index (κ1) is 10.9. The SMILES string of the molecule is CC1=CC(C)C2(CCCC(C)(C)C2=O)C1. The van der Waals surface area contributed by atoms with Gasteiger partial charge in [0.25, 0.3) is 0 Å². The van der Waals surface area contributed by atoms with Gasteiger partial charge in [0.05, 0.1) is 0 Å². The fraction of sp³-hybridized carbons (Fsp3) is 0.786. The zero-order chi connectivity index (χ0) is 11.3. The first-order valence-corrected chi connectivity index (χ1v) is 6.11. The third-order valence-electron chi connectivity index (χ3n) is 4.49. The number of carbonyl (C=O) groups excluding carboxylic acids is 1. The lowest BCUT2D eigenvalue weighted by Crippen LogP contribution is -2.46. The molecule has 1 heteroatoms. The van der Waals surface area contributed by atoms with Crippen LogP contribution in [0, 0.1) is 16.7 Å². The van der Waals surface area contributed by atoms with Crippen molar-refractivity contribution in [1.29, 1.82) is 0 Å². The van der Waals surface area contributed by atoms with E-state index in [9.17, 15) is 4.79 Å². The quantitative estimate of drug-likeness (QED) is 0.552. The molecule has 15 heavy (non-hydrogen) atoms. The molecular formula is C14H22O. The molecule has 0 aliphatic heterocycles. The van der Waals surface area contributed by atoms with Crippen molar-refractivity contribution in [3.63, 3.8) is 0 Å². The van der Waals surface area contributed by atoms with E-state index in [4.69, 9.17) is 0 Å². The van der Waals surface area contributed by atoms with Crippen LogP contribution in [0.5, 0.6) is 0 Å². The summed E-state index contributed by atoms with van der Waals surface area (Å²) in [6.45, 7) is 8.63. The van der Waals surface area contributed by atoms with Crippen molar-refractivity contribution in [3.8, 4) is 0 Å². The van der Waals surface area contributed by atoms with E-state index < -0.39 is 0 Å². The van der Waals surface area contributed by atoms with Crippen molar-refractivity contribution >= 4 is 5.78 Å². The Balaban J connectivity index is 2.34. The van der Waals surface area contributed by atoms with Gasteiger partial charge >= 0.3 is 0 Å². The zero-order valence-electron chi connectivity index (χ0n) is 10.4. The van der Waals surface area contributed by atoms with Gasteiger partial charge in [-0.25, -0.2) is 0 Å². The lowest BCUT2D eigenvalue weighted by molar-refractivity contribution is -0.143. The number of allylic oxidation sites excluding steroid dienone is 2. The van der Waals surface area contributed by atoms with E-state index >= 15 is 0 Å². The smallest absolute Gasteiger partial charge is 0.145 e. The van der Waals surface area contributed by atoms with E-state index in [2.05, 4.69) is 33.8 Å². The summed E-state index contributed by atoms with van der Waals surface area (Å²) in [5, 5.41) is 0. The summed E-state index contributed by atoms with van der Waals surface area (Å²) in [6, 6.07) is 0. The molecule has 2 aliphatic rings. The highest BCUT2D eigenvalue weighted by atomic mass is 16.1. The van der Waals surface area contributed by atoms with Crippen LogP contribution in [0.2, 0.25) is 0 Å². The average molecular weight is 206 g/mol. The third-order valence-corrected chi connectivity index (χ3v) is 4.49. The molecule has 1 nitrogen and oxygen atoms in total. The molecule has 0 amide bonds. The average Bonchev–Trinajstić information content (AvgIpc) is 2.39. The molecule has 0 bridgehead atoms. The fourth-order valence-electron chi connectivity index (χ4n) is 3.65. The minimum absolute atomic E-state index is 0.0359. The number of ketones is 1. The molecule has 0 radical (unpaired) electrons. The summed E-state index contributed by atoms with van der Waals surface area (Å²) in [4.78, 5) is 12.6. The predicted molar refractivity (Wildman–Crippen MR) is 62.6 cm³/mol. The lowest BCUT2D eigenvalue weighted by Gasteiger charge is -2.44. The van der Waals surface area contributed by atoms with Gasteiger partial charge in [0.15, 0.2) is 0 Å². The highest BCUT2D eigenvalue weighted by molar-refractivity contribution is 5.91. The Kier molecular flexibility index (Phi) is 2.33. The fourth-order valence-corrected chi connectivity index (χ4v) is 3.65. The Morgan fingerprint density at radius 1 is 1.33 bits per heavy atom. The number of rotatable bonds is 0. The molecule has 0 heterocycles. The number of hydrogen-bond donors (Lipinski definition) is 0. The van der Waals surface area contributed by atoms with E-state index in [1.807, 2.05) is 0 Å². The van der Waals surface area contributed by atoms with Crippen LogP contribution in [-0.2, 0) is 4.79 Å². The predicted octanol–water partition coefficient (Wildman–Crippen LogP) is 3.74. The summed E-state index contributed by atoms with van der Waals surface area (Å²) in [5.74, 6) is 0.964. The second-order valence-corrected chi connectivity index (χ2v) is 6.20. The molecule has 2 unspecified atom stereocenters. The van der Waals surface area contributed by atoms with Crippen LogP contribution in [-0.4, -0.2) is 5.78 Å². The molecule has 1 fully saturated rings. The summed E-state index contributed by atoms with van der Waals surface area (Å²) in [7, 11) is 0. The van der Waals surface area contributed by atoms with Crippen LogP contribution in [0.25, 0.3) is 0 Å². The minimum Gasteiger partial charge on any atom is -0.298 e. The Labute approximate surface area is 92.9 Å². The number of Topliss-reactive ketones (excluding diaryl/α,β-unsaturated/α-hetero) is 1. The van der Waals surface area contributed by atoms with Gasteiger partial charge in [-0.05, 0) is 32.1 Å². The first-order chi connectivity index (χ1) is 6.88. The molecule has 1 saturated carbocycles. The van der Waals surface area contributed by atoms with Gasteiger partial charge in [-0.3, -0.25) is 4.79 Å². The number of carbonyl (C=O) groups is 1. The Morgan fingerprint density at radius 2 is 2.00 bits per heavy atom. The molecular weight excluding hydrogens is 184 g/mol. The second-order valence-electron chi connectivity index (χ2n) is 6.20. The molecule has 84 valence electrons. The molecule has 0 saturated heterocycles. The van der Waals surface area contributed by atoms with Gasteiger partial charge in [0.2, 0.25) is 0 Å². The summed E-state index contributed by atoms with van der Waals surface area (Å²) in [6.07, 6.45) is 6.70. The summed E-state index contributed by atoms with van der Waals surface area (Å²) in [5.41, 5.74) is 1.28. The van der Waals surface area contributed by atoms with Gasteiger partial charge in [0.1, 0.15) is 5.78 Å². The normalized spacial score (nSPS) is 39.6. The van der Waals surface area contributed by atoms with Crippen molar-refractivity contribution in [2.75, 3.05) is 0 Å². The van der Waals surface area contributed by atoms with Crippen molar-refractivity contribution in [2.24, 2.45) is 16.7 Å². The number of hydrogen-bond acceptors (Lipinski definition) is 1. The van der Waals surface area contributed by atoms with Gasteiger partial charge in [-0.2, -0.15) is 0 Å². The van der Waals surface area contributed by atoms with E-state index in [1.54, 1.807) is 0 Å². The van der Waals surface area contributed by atoms with Crippen molar-refractivity contribution in [2.45, 2.75) is 53.4 Å². The molecule has 0 aromatic carbocycles. The molecule has 2 aliphatic carbocycles. The summed E-state index contributed by atoms with van der Waals surface area (Å²) < 4.78 is 0. The van der Waals surface area contributed by atoms with E-state index in [1.165, 1.54) is 12.0 Å². The third kappa shape index (κ3) is 1.47. The Hall–Kier alpha value is -0.590. The first-order valence-electron chi connectivity index (χ1n) is 6.11. The largest absolute Gasteiger partial charge is 0.298 e. The van der Waals surface area contributed by atoms with Crippen LogP contribution in [0.3, 0.4) is 0 Å². The van der Waals surface area contributed by atoms with Crippen LogP contribution >= 0.6 is 0 Å². The topological polar surface area (TPSA) is 17.1 Å². The maximum atomic E-state index is 12.6. The lowest BCUT2D eigenvalue weighted by atomic mass is 9.58. The van der Waals surface area contributed by atoms with Gasteiger partial charge in [-0.1, -0.05) is 38.8 Å². The van der Waals surface area contributed by atoms with Crippen LogP contribution in [0.1, 0.15) is 53.4 Å². The molecule has 0 aromatic heterocycles. The minimum atomic E-state index is -0.0923. The monoisotopic (exact) mass is 206 g/mol. The van der Waals surface area contributed by atoms with Crippen LogP contribution < -0.4 is 0 Å². The van der Waals surface area contributed by atoms with E-state index in [-0.39, 0.29) is 10.8 Å². The molecule has 2 atom stereocenters. The van der Waals surface area contributed by atoms with Crippen molar-refractivity contribution in [1.82, 2.24) is 0 Å². The van der Waals surface area contributed by atoms with Gasteiger partial charge in [-0.15, -0.1) is 0 Å². The van der Waals surface area contributed by atoms with Crippen molar-refractivity contribution < 1.29 is 4.79 Å². The highest BCUT2D eigenvalue weighted by Crippen LogP contribution is 2.54. The Morgan fingerprint density at radius 3 is 2.53 bits per heavy atom. The molecule has 0 N–H and O–H groups in total. The van der Waals surface area contributed by atoms with E-state index in [0.29, 0.717) is 11.7 Å². The van der Waals surface area contributed by atoms with Gasteiger partial charge in [0, 0.05) is 10.8 Å². The van der Waals surface area contributed by atoms with Crippen molar-refractivity contribution in [3.05, 3.63) is 11.6 Å². The molecule has 0 aromatic rings. The maximum Gasteiger partial charge on any atom is 0.145 e. The molecule has 2 rings (SSSR count). The summed E-state index contributed by atoms with van der Waals surface area (Å²) >= 11 is 0.